The Bertz CT molecular complexity index is 787. The van der Waals surface area contributed by atoms with Crippen molar-refractivity contribution in [3.8, 4) is 11.5 Å². The number of hydrogen-bond acceptors (Lipinski definition) is 4. The fourth-order valence-electron chi connectivity index (χ4n) is 2.30. The van der Waals surface area contributed by atoms with Crippen molar-refractivity contribution in [2.24, 2.45) is 0 Å². The maximum Gasteiger partial charge on any atom is 0.240 e. The van der Waals surface area contributed by atoms with Gasteiger partial charge in [0.2, 0.25) is 10.0 Å². The molecule has 1 N–H and O–H groups in total. The Morgan fingerprint density at radius 1 is 1.12 bits per heavy atom. The topological polar surface area (TPSA) is 64.6 Å². The van der Waals surface area contributed by atoms with Crippen molar-refractivity contribution in [1.82, 2.24) is 4.72 Å². The Hall–Kier alpha value is -2.05. The molecule has 6 heteroatoms. The molecule has 0 heterocycles. The van der Waals surface area contributed by atoms with Gasteiger partial charge in [-0.25, -0.2) is 13.1 Å². The van der Waals surface area contributed by atoms with Gasteiger partial charge >= 0.3 is 0 Å². The van der Waals surface area contributed by atoms with Crippen LogP contribution in [0.5, 0.6) is 11.5 Å². The number of aryl methyl sites for hydroxylation is 2. The standard InChI is InChI=1S/C18H23NO4S/c1-4-15-6-5-7-16(13-15)23-11-10-19-24(20,21)17-8-9-18(22-3)14(2)12-17/h5-9,12-13,19H,4,10-11H2,1-3H3. The highest BCUT2D eigenvalue weighted by Crippen LogP contribution is 2.21. The van der Waals surface area contributed by atoms with Gasteiger partial charge in [0.05, 0.1) is 12.0 Å². The number of benzene rings is 2. The first-order chi connectivity index (χ1) is 11.5. The van der Waals surface area contributed by atoms with Gasteiger partial charge in [0.15, 0.2) is 0 Å². The molecule has 0 saturated heterocycles. The molecular formula is C18H23NO4S. The molecule has 0 bridgehead atoms. The molecule has 0 radical (unpaired) electrons. The van der Waals surface area contributed by atoms with Gasteiger partial charge in [0.25, 0.3) is 0 Å². The summed E-state index contributed by atoms with van der Waals surface area (Å²) >= 11 is 0. The fourth-order valence-corrected chi connectivity index (χ4v) is 3.40. The number of ether oxygens (including phenoxy) is 2. The number of methoxy groups -OCH3 is 1. The van der Waals surface area contributed by atoms with Gasteiger partial charge in [-0.05, 0) is 54.8 Å². The summed E-state index contributed by atoms with van der Waals surface area (Å²) in [6.45, 7) is 4.34. The van der Waals surface area contributed by atoms with E-state index in [0.29, 0.717) is 5.75 Å². The van der Waals surface area contributed by atoms with Gasteiger partial charge in [-0.1, -0.05) is 19.1 Å². The molecule has 0 amide bonds. The quantitative estimate of drug-likeness (QED) is 0.744. The maximum atomic E-state index is 12.3. The SMILES string of the molecule is CCc1cccc(OCCNS(=O)(=O)c2ccc(OC)c(C)c2)c1. The van der Waals surface area contributed by atoms with E-state index in [0.717, 1.165) is 17.7 Å². The average molecular weight is 349 g/mol. The summed E-state index contributed by atoms with van der Waals surface area (Å²) in [4.78, 5) is 0.216. The van der Waals surface area contributed by atoms with Crippen LogP contribution in [0.15, 0.2) is 47.4 Å². The van der Waals surface area contributed by atoms with Crippen LogP contribution in [0.25, 0.3) is 0 Å². The van der Waals surface area contributed by atoms with Gasteiger partial charge < -0.3 is 9.47 Å². The van der Waals surface area contributed by atoms with Crippen molar-refractivity contribution >= 4 is 10.0 Å². The number of sulfonamides is 1. The van der Waals surface area contributed by atoms with E-state index in [9.17, 15) is 8.42 Å². The van der Waals surface area contributed by atoms with E-state index in [2.05, 4.69) is 11.6 Å². The lowest BCUT2D eigenvalue weighted by atomic mass is 10.2. The fraction of sp³-hybridized carbons (Fsp3) is 0.333. The summed E-state index contributed by atoms with van der Waals surface area (Å²) in [5, 5.41) is 0. The number of rotatable bonds is 8. The molecule has 0 fully saturated rings. The van der Waals surface area contributed by atoms with E-state index in [1.54, 1.807) is 19.2 Å². The highest BCUT2D eigenvalue weighted by atomic mass is 32.2. The molecule has 24 heavy (non-hydrogen) atoms. The molecule has 2 aromatic carbocycles. The zero-order valence-electron chi connectivity index (χ0n) is 14.2. The second kappa shape index (κ2) is 8.17. The van der Waals surface area contributed by atoms with Gasteiger partial charge in [-0.3, -0.25) is 0 Å². The van der Waals surface area contributed by atoms with Crippen LogP contribution in [-0.4, -0.2) is 28.7 Å². The first kappa shape index (κ1) is 18.3. The summed E-state index contributed by atoms with van der Waals surface area (Å²) in [5.41, 5.74) is 1.95. The molecule has 0 spiro atoms. The monoisotopic (exact) mass is 349 g/mol. The lowest BCUT2D eigenvalue weighted by Gasteiger charge is -2.11. The Kier molecular flexibility index (Phi) is 6.23. The van der Waals surface area contributed by atoms with E-state index in [-0.39, 0.29) is 18.0 Å². The Balaban J connectivity index is 1.92. The molecule has 0 aliphatic heterocycles. The predicted octanol–water partition coefficient (Wildman–Crippen LogP) is 2.92. The molecule has 0 unspecified atom stereocenters. The minimum absolute atomic E-state index is 0.198. The maximum absolute atomic E-state index is 12.3. The van der Waals surface area contributed by atoms with Crippen molar-refractivity contribution in [2.45, 2.75) is 25.2 Å². The smallest absolute Gasteiger partial charge is 0.240 e. The zero-order valence-corrected chi connectivity index (χ0v) is 15.0. The van der Waals surface area contributed by atoms with Crippen LogP contribution in [0, 0.1) is 6.92 Å². The van der Waals surface area contributed by atoms with Crippen LogP contribution in [0.1, 0.15) is 18.1 Å². The van der Waals surface area contributed by atoms with E-state index in [4.69, 9.17) is 9.47 Å². The van der Waals surface area contributed by atoms with Crippen molar-refractivity contribution < 1.29 is 17.9 Å². The molecular weight excluding hydrogens is 326 g/mol. The minimum atomic E-state index is -3.56. The molecule has 0 aromatic heterocycles. The summed E-state index contributed by atoms with van der Waals surface area (Å²) in [6.07, 6.45) is 0.931. The third-order valence-electron chi connectivity index (χ3n) is 3.65. The van der Waals surface area contributed by atoms with Gasteiger partial charge in [0.1, 0.15) is 18.1 Å². The number of hydrogen-bond donors (Lipinski definition) is 1. The van der Waals surface area contributed by atoms with Crippen LogP contribution in [0.2, 0.25) is 0 Å². The Morgan fingerprint density at radius 2 is 1.92 bits per heavy atom. The van der Waals surface area contributed by atoms with Crippen molar-refractivity contribution in [2.75, 3.05) is 20.3 Å². The molecule has 0 saturated carbocycles. The first-order valence-corrected chi connectivity index (χ1v) is 9.30. The molecule has 2 rings (SSSR count). The Morgan fingerprint density at radius 3 is 2.58 bits per heavy atom. The van der Waals surface area contributed by atoms with Crippen molar-refractivity contribution in [3.63, 3.8) is 0 Å². The highest BCUT2D eigenvalue weighted by molar-refractivity contribution is 7.89. The minimum Gasteiger partial charge on any atom is -0.496 e. The zero-order chi connectivity index (χ0) is 17.6. The molecule has 0 aliphatic rings. The van der Waals surface area contributed by atoms with Gasteiger partial charge in [-0.2, -0.15) is 0 Å². The summed E-state index contributed by atoms with van der Waals surface area (Å²) in [7, 11) is -2.01. The molecule has 130 valence electrons. The lowest BCUT2D eigenvalue weighted by molar-refractivity contribution is 0.322. The van der Waals surface area contributed by atoms with E-state index < -0.39 is 10.0 Å². The third kappa shape index (κ3) is 4.72. The van der Waals surface area contributed by atoms with E-state index in [1.807, 2.05) is 31.2 Å². The van der Waals surface area contributed by atoms with E-state index >= 15 is 0 Å². The second-order valence-electron chi connectivity index (χ2n) is 5.38. The van der Waals surface area contributed by atoms with E-state index in [1.165, 1.54) is 11.6 Å². The van der Waals surface area contributed by atoms with Gasteiger partial charge in [0, 0.05) is 6.54 Å². The highest BCUT2D eigenvalue weighted by Gasteiger charge is 2.14. The average Bonchev–Trinajstić information content (AvgIpc) is 2.59. The Labute approximate surface area is 143 Å². The summed E-state index contributed by atoms with van der Waals surface area (Å²) in [6, 6.07) is 12.5. The van der Waals surface area contributed by atoms with Crippen molar-refractivity contribution in [1.29, 1.82) is 0 Å². The summed E-state index contributed by atoms with van der Waals surface area (Å²) in [5.74, 6) is 1.40. The van der Waals surface area contributed by atoms with Crippen LogP contribution < -0.4 is 14.2 Å². The van der Waals surface area contributed by atoms with Crippen LogP contribution >= 0.6 is 0 Å². The van der Waals surface area contributed by atoms with Crippen LogP contribution in [0.4, 0.5) is 0 Å². The summed E-state index contributed by atoms with van der Waals surface area (Å²) < 4.78 is 37.9. The largest absolute Gasteiger partial charge is 0.496 e. The first-order valence-electron chi connectivity index (χ1n) is 7.82. The van der Waals surface area contributed by atoms with Gasteiger partial charge in [-0.15, -0.1) is 0 Å². The molecule has 2 aromatic rings. The van der Waals surface area contributed by atoms with Crippen LogP contribution in [-0.2, 0) is 16.4 Å². The lowest BCUT2D eigenvalue weighted by Crippen LogP contribution is -2.28. The molecule has 0 aliphatic carbocycles. The molecule has 5 nitrogen and oxygen atoms in total. The predicted molar refractivity (Wildman–Crippen MR) is 94.2 cm³/mol. The second-order valence-corrected chi connectivity index (χ2v) is 7.15. The molecule has 0 atom stereocenters. The van der Waals surface area contributed by atoms with Crippen molar-refractivity contribution in [3.05, 3.63) is 53.6 Å². The third-order valence-corrected chi connectivity index (χ3v) is 5.10. The normalized spacial score (nSPS) is 11.3. The van der Waals surface area contributed by atoms with Crippen LogP contribution in [0.3, 0.4) is 0 Å². The number of nitrogens with one attached hydrogen (secondary N) is 1.